The fourth-order valence-electron chi connectivity index (χ4n) is 1.01. The summed E-state index contributed by atoms with van der Waals surface area (Å²) in [5.74, 6) is -0.864. The van der Waals surface area contributed by atoms with Gasteiger partial charge >= 0.3 is 6.09 Å². The van der Waals surface area contributed by atoms with E-state index in [1.807, 2.05) is 0 Å². The summed E-state index contributed by atoms with van der Waals surface area (Å²) in [6.07, 6.45) is 1.29. The third-order valence-electron chi connectivity index (χ3n) is 1.59. The number of allylic oxidation sites excluding steroid dienone is 1. The van der Waals surface area contributed by atoms with Gasteiger partial charge in [-0.1, -0.05) is 0 Å². The highest BCUT2D eigenvalue weighted by molar-refractivity contribution is 6.10. The van der Waals surface area contributed by atoms with E-state index >= 15 is 0 Å². The van der Waals surface area contributed by atoms with Crippen LogP contribution in [0.2, 0.25) is 0 Å². The van der Waals surface area contributed by atoms with Crippen molar-refractivity contribution in [1.82, 2.24) is 4.90 Å². The van der Waals surface area contributed by atoms with E-state index in [9.17, 15) is 14.4 Å². The number of hydrogen-bond acceptors (Lipinski definition) is 4. The topological polar surface area (TPSA) is 63.7 Å². The van der Waals surface area contributed by atoms with Crippen molar-refractivity contribution in [3.63, 3.8) is 0 Å². The molecule has 82 valence electrons. The van der Waals surface area contributed by atoms with E-state index in [4.69, 9.17) is 4.74 Å². The van der Waals surface area contributed by atoms with Crippen molar-refractivity contribution in [1.29, 1.82) is 0 Å². The number of carbonyl (C=O) groups is 3. The molecule has 0 saturated heterocycles. The average molecular weight is 211 g/mol. The molecular formula is C10H13NO4. The summed E-state index contributed by atoms with van der Waals surface area (Å²) >= 11 is 0. The second-order valence-corrected chi connectivity index (χ2v) is 4.20. The molecule has 0 aliphatic carbocycles. The van der Waals surface area contributed by atoms with Crippen molar-refractivity contribution >= 4 is 17.8 Å². The second kappa shape index (κ2) is 3.84. The summed E-state index contributed by atoms with van der Waals surface area (Å²) in [6, 6.07) is 0. The summed E-state index contributed by atoms with van der Waals surface area (Å²) in [5.41, 5.74) is -0.660. The standard InChI is InChI=1S/C10H13NO4/c1-10(2,3)15-9(14)11-5-4-7(12)6-8(11)13/h4-5H,6H2,1-3H3. The Labute approximate surface area is 87.7 Å². The number of carbonyl (C=O) groups excluding carboxylic acids is 3. The molecule has 5 nitrogen and oxygen atoms in total. The van der Waals surface area contributed by atoms with Crippen molar-refractivity contribution in [3.05, 3.63) is 12.3 Å². The van der Waals surface area contributed by atoms with Crippen molar-refractivity contribution in [3.8, 4) is 0 Å². The van der Waals surface area contributed by atoms with Gasteiger partial charge in [-0.25, -0.2) is 9.69 Å². The Hall–Kier alpha value is -1.65. The van der Waals surface area contributed by atoms with E-state index in [2.05, 4.69) is 0 Å². The first-order chi connectivity index (χ1) is 6.79. The second-order valence-electron chi connectivity index (χ2n) is 4.20. The minimum atomic E-state index is -0.753. The average Bonchev–Trinajstić information content (AvgIpc) is 1.99. The number of ketones is 1. The Kier molecular flexibility index (Phi) is 2.93. The summed E-state index contributed by atoms with van der Waals surface area (Å²) in [5, 5.41) is 0. The molecule has 0 unspecified atom stereocenters. The molecule has 1 aliphatic rings. The van der Waals surface area contributed by atoms with Crippen LogP contribution in [0, 0.1) is 0 Å². The van der Waals surface area contributed by atoms with Crippen LogP contribution in [0.5, 0.6) is 0 Å². The third kappa shape index (κ3) is 3.19. The highest BCUT2D eigenvalue weighted by atomic mass is 16.6. The first-order valence-electron chi connectivity index (χ1n) is 4.56. The maximum Gasteiger partial charge on any atom is 0.421 e. The zero-order chi connectivity index (χ0) is 11.6. The van der Waals surface area contributed by atoms with Gasteiger partial charge in [-0.3, -0.25) is 9.59 Å². The molecule has 0 N–H and O–H groups in total. The highest BCUT2D eigenvalue weighted by Gasteiger charge is 2.28. The molecular weight excluding hydrogens is 198 g/mol. The smallest absolute Gasteiger partial charge is 0.421 e. The number of nitrogens with zero attached hydrogens (tertiary/aromatic N) is 1. The molecule has 0 saturated carbocycles. The van der Waals surface area contributed by atoms with E-state index in [1.165, 1.54) is 6.08 Å². The Morgan fingerprint density at radius 1 is 1.40 bits per heavy atom. The van der Waals surface area contributed by atoms with Crippen LogP contribution in [0.4, 0.5) is 4.79 Å². The van der Waals surface area contributed by atoms with Crippen LogP contribution >= 0.6 is 0 Å². The molecule has 0 bridgehead atoms. The highest BCUT2D eigenvalue weighted by Crippen LogP contribution is 2.13. The summed E-state index contributed by atoms with van der Waals surface area (Å²) < 4.78 is 4.99. The first-order valence-corrected chi connectivity index (χ1v) is 4.56. The lowest BCUT2D eigenvalue weighted by Gasteiger charge is -2.24. The van der Waals surface area contributed by atoms with Crippen molar-refractivity contribution < 1.29 is 19.1 Å². The Morgan fingerprint density at radius 3 is 2.47 bits per heavy atom. The number of hydrogen-bond donors (Lipinski definition) is 0. The van der Waals surface area contributed by atoms with Crippen LogP contribution in [0.25, 0.3) is 0 Å². The van der Waals surface area contributed by atoms with Gasteiger partial charge in [0.1, 0.15) is 5.60 Å². The quantitative estimate of drug-likeness (QED) is 0.565. The molecule has 0 atom stereocenters. The molecule has 0 fully saturated rings. The molecule has 15 heavy (non-hydrogen) atoms. The van der Waals surface area contributed by atoms with Crippen LogP contribution in [-0.4, -0.2) is 28.3 Å². The van der Waals surface area contributed by atoms with Crippen molar-refractivity contribution in [2.75, 3.05) is 0 Å². The molecule has 1 rings (SSSR count). The van der Waals surface area contributed by atoms with Gasteiger partial charge in [0.15, 0.2) is 5.78 Å². The zero-order valence-electron chi connectivity index (χ0n) is 8.94. The Balaban J connectivity index is 2.73. The van der Waals surface area contributed by atoms with Gasteiger partial charge in [0.25, 0.3) is 0 Å². The number of imide groups is 1. The molecule has 5 heteroatoms. The summed E-state index contributed by atoms with van der Waals surface area (Å²) in [4.78, 5) is 34.4. The molecule has 2 amide bonds. The maximum absolute atomic E-state index is 11.5. The van der Waals surface area contributed by atoms with E-state index < -0.39 is 17.6 Å². The van der Waals surface area contributed by atoms with E-state index in [-0.39, 0.29) is 12.2 Å². The molecule has 0 aromatic rings. The maximum atomic E-state index is 11.5. The molecule has 0 radical (unpaired) electrons. The van der Waals surface area contributed by atoms with Gasteiger partial charge in [0.2, 0.25) is 5.91 Å². The van der Waals surface area contributed by atoms with E-state index in [0.29, 0.717) is 0 Å². The molecule has 1 aliphatic heterocycles. The summed E-state index contributed by atoms with van der Waals surface area (Å²) in [6.45, 7) is 5.11. The van der Waals surface area contributed by atoms with Gasteiger partial charge in [0.05, 0.1) is 6.42 Å². The molecule has 0 aromatic carbocycles. The van der Waals surface area contributed by atoms with Crippen molar-refractivity contribution in [2.24, 2.45) is 0 Å². The predicted octanol–water partition coefficient (Wildman–Crippen LogP) is 1.24. The molecule has 1 heterocycles. The Bertz CT molecular complexity index is 338. The normalized spacial score (nSPS) is 16.9. The zero-order valence-corrected chi connectivity index (χ0v) is 8.94. The van der Waals surface area contributed by atoms with Crippen LogP contribution in [0.15, 0.2) is 12.3 Å². The number of ether oxygens (including phenoxy) is 1. The van der Waals surface area contributed by atoms with Crippen LogP contribution < -0.4 is 0 Å². The van der Waals surface area contributed by atoms with Crippen LogP contribution in [-0.2, 0) is 14.3 Å². The number of amides is 2. The largest absolute Gasteiger partial charge is 0.443 e. The minimum absolute atomic E-state index is 0.282. The third-order valence-corrected chi connectivity index (χ3v) is 1.59. The van der Waals surface area contributed by atoms with E-state index in [0.717, 1.165) is 11.1 Å². The SMILES string of the molecule is CC(C)(C)OC(=O)N1C=CC(=O)CC1=O. The van der Waals surface area contributed by atoms with Crippen molar-refractivity contribution in [2.45, 2.75) is 32.8 Å². The monoisotopic (exact) mass is 211 g/mol. The molecule has 0 spiro atoms. The molecule has 0 aromatic heterocycles. The van der Waals surface area contributed by atoms with Crippen LogP contribution in [0.1, 0.15) is 27.2 Å². The fraction of sp³-hybridized carbons (Fsp3) is 0.500. The van der Waals surface area contributed by atoms with Crippen LogP contribution in [0.3, 0.4) is 0 Å². The lowest BCUT2D eigenvalue weighted by Crippen LogP contribution is -2.39. The van der Waals surface area contributed by atoms with E-state index in [1.54, 1.807) is 20.8 Å². The lowest BCUT2D eigenvalue weighted by atomic mass is 10.2. The van der Waals surface area contributed by atoms with Gasteiger partial charge in [-0.2, -0.15) is 0 Å². The first kappa shape index (κ1) is 11.4. The fourth-order valence-corrected chi connectivity index (χ4v) is 1.01. The number of rotatable bonds is 0. The van der Waals surface area contributed by atoms with Gasteiger partial charge in [-0.05, 0) is 26.8 Å². The Morgan fingerprint density at radius 2 is 2.00 bits per heavy atom. The summed E-state index contributed by atoms with van der Waals surface area (Å²) in [7, 11) is 0. The lowest BCUT2D eigenvalue weighted by molar-refractivity contribution is -0.132. The minimum Gasteiger partial charge on any atom is -0.443 e. The predicted molar refractivity (Wildman–Crippen MR) is 51.8 cm³/mol. The van der Waals surface area contributed by atoms with Gasteiger partial charge in [-0.15, -0.1) is 0 Å². The van der Waals surface area contributed by atoms with Gasteiger partial charge < -0.3 is 4.74 Å². The van der Waals surface area contributed by atoms with Gasteiger partial charge in [0, 0.05) is 6.20 Å².